The Morgan fingerprint density at radius 1 is 1.40 bits per heavy atom. The van der Waals surface area contributed by atoms with Crippen molar-refractivity contribution in [3.05, 3.63) is 24.0 Å². The Bertz CT molecular complexity index is 502. The molecule has 20 heavy (non-hydrogen) atoms. The maximum atomic E-state index is 12.4. The molecule has 3 rings (SSSR count). The zero-order valence-electron chi connectivity index (χ0n) is 12.2. The lowest BCUT2D eigenvalue weighted by Crippen LogP contribution is -2.40. The molecule has 4 nitrogen and oxygen atoms in total. The normalized spacial score (nSPS) is 29.2. The summed E-state index contributed by atoms with van der Waals surface area (Å²) in [5, 5.41) is 6.21. The Morgan fingerprint density at radius 2 is 2.25 bits per heavy atom. The van der Waals surface area contributed by atoms with Crippen LogP contribution in [0.4, 0.5) is 5.69 Å². The molecule has 4 atom stereocenters. The molecule has 0 saturated heterocycles. The van der Waals surface area contributed by atoms with Crippen molar-refractivity contribution in [2.75, 3.05) is 12.4 Å². The number of hydrogen-bond donors (Lipinski definition) is 2. The highest BCUT2D eigenvalue weighted by molar-refractivity contribution is 5.99. The molecule has 4 heteroatoms. The molecule has 4 unspecified atom stereocenters. The summed E-state index contributed by atoms with van der Waals surface area (Å²) in [6.45, 7) is 2.16. The predicted molar refractivity (Wildman–Crippen MR) is 79.6 cm³/mol. The summed E-state index contributed by atoms with van der Waals surface area (Å²) in [5.41, 5.74) is 1.46. The maximum Gasteiger partial charge on any atom is 0.253 e. The van der Waals surface area contributed by atoms with Crippen molar-refractivity contribution >= 4 is 11.6 Å². The fourth-order valence-corrected chi connectivity index (χ4v) is 4.09. The molecule has 108 valence electrons. The zero-order chi connectivity index (χ0) is 14.1. The molecular weight excluding hydrogens is 250 g/mol. The number of aromatic nitrogens is 1. The van der Waals surface area contributed by atoms with Gasteiger partial charge in [0.25, 0.3) is 5.91 Å². The Balaban J connectivity index is 1.66. The van der Waals surface area contributed by atoms with Crippen LogP contribution in [0.5, 0.6) is 0 Å². The fraction of sp³-hybridized carbons (Fsp3) is 0.625. The first kappa shape index (κ1) is 13.4. The molecule has 2 bridgehead atoms. The van der Waals surface area contributed by atoms with Crippen molar-refractivity contribution < 1.29 is 4.79 Å². The van der Waals surface area contributed by atoms with Gasteiger partial charge in [-0.1, -0.05) is 6.42 Å². The van der Waals surface area contributed by atoms with E-state index in [1.807, 2.05) is 7.05 Å². The highest BCUT2D eigenvalue weighted by Gasteiger charge is 2.42. The standard InChI is InChI=1S/C16H23N3O/c1-10(14-8-11-3-4-12(14)7-11)19-16(20)13-5-6-18-9-15(13)17-2/h5-6,9-12,14,17H,3-4,7-8H2,1-2H3,(H,19,20). The molecule has 0 radical (unpaired) electrons. The number of amides is 1. The molecule has 2 fully saturated rings. The quantitative estimate of drug-likeness (QED) is 0.887. The number of nitrogens with zero attached hydrogens (tertiary/aromatic N) is 1. The number of fused-ring (bicyclic) bond motifs is 2. The van der Waals surface area contributed by atoms with Gasteiger partial charge in [-0.05, 0) is 50.0 Å². The molecule has 1 heterocycles. The minimum atomic E-state index is 0.00650. The molecule has 0 aromatic carbocycles. The maximum absolute atomic E-state index is 12.4. The van der Waals surface area contributed by atoms with Crippen LogP contribution in [0, 0.1) is 17.8 Å². The van der Waals surface area contributed by atoms with E-state index in [-0.39, 0.29) is 11.9 Å². The van der Waals surface area contributed by atoms with Crippen LogP contribution < -0.4 is 10.6 Å². The van der Waals surface area contributed by atoms with E-state index in [1.54, 1.807) is 18.5 Å². The second-order valence-electron chi connectivity index (χ2n) is 6.27. The van der Waals surface area contributed by atoms with Gasteiger partial charge in [-0.15, -0.1) is 0 Å². The van der Waals surface area contributed by atoms with Crippen LogP contribution in [0.2, 0.25) is 0 Å². The van der Waals surface area contributed by atoms with Gasteiger partial charge in [0.15, 0.2) is 0 Å². The van der Waals surface area contributed by atoms with Gasteiger partial charge in [-0.25, -0.2) is 0 Å². The smallest absolute Gasteiger partial charge is 0.253 e. The Morgan fingerprint density at radius 3 is 2.90 bits per heavy atom. The van der Waals surface area contributed by atoms with E-state index in [4.69, 9.17) is 0 Å². The second-order valence-corrected chi connectivity index (χ2v) is 6.27. The lowest BCUT2D eigenvalue weighted by Gasteiger charge is -2.28. The van der Waals surface area contributed by atoms with Gasteiger partial charge in [-0.3, -0.25) is 9.78 Å². The van der Waals surface area contributed by atoms with E-state index >= 15 is 0 Å². The fourth-order valence-electron chi connectivity index (χ4n) is 4.09. The van der Waals surface area contributed by atoms with Crippen molar-refractivity contribution in [1.82, 2.24) is 10.3 Å². The Kier molecular flexibility index (Phi) is 3.64. The minimum absolute atomic E-state index is 0.00650. The van der Waals surface area contributed by atoms with Crippen molar-refractivity contribution in [2.45, 2.75) is 38.6 Å². The summed E-state index contributed by atoms with van der Waals surface area (Å²) in [4.78, 5) is 16.5. The lowest BCUT2D eigenvalue weighted by atomic mass is 9.84. The molecule has 1 aromatic heterocycles. The van der Waals surface area contributed by atoms with Crippen molar-refractivity contribution in [3.8, 4) is 0 Å². The van der Waals surface area contributed by atoms with Crippen molar-refractivity contribution in [2.24, 2.45) is 17.8 Å². The largest absolute Gasteiger partial charge is 0.386 e. The molecule has 2 N–H and O–H groups in total. The van der Waals surface area contributed by atoms with E-state index in [0.717, 1.165) is 17.5 Å². The minimum Gasteiger partial charge on any atom is -0.386 e. The third-order valence-corrected chi connectivity index (χ3v) is 5.13. The molecule has 0 spiro atoms. The van der Waals surface area contributed by atoms with E-state index in [0.29, 0.717) is 11.5 Å². The molecule has 2 saturated carbocycles. The van der Waals surface area contributed by atoms with Gasteiger partial charge in [0.2, 0.25) is 0 Å². The van der Waals surface area contributed by atoms with Crippen LogP contribution in [0.1, 0.15) is 43.0 Å². The molecule has 0 aliphatic heterocycles. The first-order valence-electron chi connectivity index (χ1n) is 7.61. The van der Waals surface area contributed by atoms with Gasteiger partial charge in [0, 0.05) is 19.3 Å². The summed E-state index contributed by atoms with van der Waals surface area (Å²) in [7, 11) is 1.81. The van der Waals surface area contributed by atoms with Crippen LogP contribution in [-0.4, -0.2) is 24.0 Å². The van der Waals surface area contributed by atoms with Crippen LogP contribution >= 0.6 is 0 Å². The Hall–Kier alpha value is -1.58. The van der Waals surface area contributed by atoms with Crippen LogP contribution in [0.15, 0.2) is 18.5 Å². The SMILES string of the molecule is CNc1cnccc1C(=O)NC(C)C1CC2CCC1C2. The summed E-state index contributed by atoms with van der Waals surface area (Å²) in [5.74, 6) is 2.42. The van der Waals surface area contributed by atoms with Gasteiger partial charge in [0.05, 0.1) is 17.4 Å². The molecule has 1 aromatic rings. The summed E-state index contributed by atoms with van der Waals surface area (Å²) in [6.07, 6.45) is 8.78. The second kappa shape index (κ2) is 5.43. The molecule has 2 aliphatic rings. The van der Waals surface area contributed by atoms with Crippen molar-refractivity contribution in [1.29, 1.82) is 0 Å². The summed E-state index contributed by atoms with van der Waals surface area (Å²) >= 11 is 0. The topological polar surface area (TPSA) is 54.0 Å². The zero-order valence-corrected chi connectivity index (χ0v) is 12.2. The van der Waals surface area contributed by atoms with E-state index in [2.05, 4.69) is 22.5 Å². The highest BCUT2D eigenvalue weighted by atomic mass is 16.1. The van der Waals surface area contributed by atoms with E-state index < -0.39 is 0 Å². The first-order valence-corrected chi connectivity index (χ1v) is 7.61. The predicted octanol–water partition coefficient (Wildman–Crippen LogP) is 2.68. The monoisotopic (exact) mass is 273 g/mol. The lowest BCUT2D eigenvalue weighted by molar-refractivity contribution is 0.0916. The third-order valence-electron chi connectivity index (χ3n) is 5.13. The molecular formula is C16H23N3O. The van der Waals surface area contributed by atoms with Crippen LogP contribution in [-0.2, 0) is 0 Å². The number of pyridine rings is 1. The average Bonchev–Trinajstić information content (AvgIpc) is 3.09. The number of rotatable bonds is 4. The third kappa shape index (κ3) is 2.39. The van der Waals surface area contributed by atoms with E-state index in [1.165, 1.54) is 25.7 Å². The average molecular weight is 273 g/mol. The number of hydrogen-bond acceptors (Lipinski definition) is 3. The van der Waals surface area contributed by atoms with Gasteiger partial charge >= 0.3 is 0 Å². The highest BCUT2D eigenvalue weighted by Crippen LogP contribution is 2.49. The van der Waals surface area contributed by atoms with Crippen molar-refractivity contribution in [3.63, 3.8) is 0 Å². The molecule has 2 aliphatic carbocycles. The molecule has 1 amide bonds. The van der Waals surface area contributed by atoms with Gasteiger partial charge < -0.3 is 10.6 Å². The first-order chi connectivity index (χ1) is 9.69. The van der Waals surface area contributed by atoms with Gasteiger partial charge in [0.1, 0.15) is 0 Å². The summed E-state index contributed by atoms with van der Waals surface area (Å²) in [6, 6.07) is 2.03. The van der Waals surface area contributed by atoms with E-state index in [9.17, 15) is 4.79 Å². The van der Waals surface area contributed by atoms with Gasteiger partial charge in [-0.2, -0.15) is 0 Å². The Labute approximate surface area is 120 Å². The summed E-state index contributed by atoms with van der Waals surface area (Å²) < 4.78 is 0. The number of nitrogens with one attached hydrogen (secondary N) is 2. The van der Waals surface area contributed by atoms with Crippen LogP contribution in [0.3, 0.4) is 0 Å². The number of carbonyl (C=O) groups is 1. The number of anilines is 1. The van der Waals surface area contributed by atoms with Crippen LogP contribution in [0.25, 0.3) is 0 Å². The number of carbonyl (C=O) groups excluding carboxylic acids is 1.